The van der Waals surface area contributed by atoms with E-state index in [1.165, 1.54) is 0 Å². The maximum atomic E-state index is 8.90. The number of aliphatic hydroxyl groups is 1. The van der Waals surface area contributed by atoms with E-state index in [2.05, 4.69) is 4.99 Å². The molecule has 0 aromatic heterocycles. The van der Waals surface area contributed by atoms with Crippen LogP contribution in [0.5, 0.6) is 0 Å². The average molecular weight is 195 g/mol. The Kier molecular flexibility index (Phi) is 4.66. The Labute approximate surface area is 80.5 Å². The average Bonchev–Trinajstić information content (AvgIpc) is 2.21. The Morgan fingerprint density at radius 1 is 1.46 bits per heavy atom. The molecule has 0 spiro atoms. The van der Waals surface area contributed by atoms with Gasteiger partial charge in [0.1, 0.15) is 0 Å². The first kappa shape index (κ1) is 10.4. The van der Waals surface area contributed by atoms with Crippen LogP contribution < -0.4 is 0 Å². The minimum Gasteiger partial charge on any atom is -0.394 e. The van der Waals surface area contributed by atoms with Gasteiger partial charge in [0.15, 0.2) is 0 Å². The van der Waals surface area contributed by atoms with Crippen LogP contribution in [-0.4, -0.2) is 30.4 Å². The Bertz CT molecular complexity index is 257. The summed E-state index contributed by atoms with van der Waals surface area (Å²) in [6, 6.07) is 9.92. The molecule has 0 radical (unpaired) electrons. The number of aliphatic hydroxyl groups excluding tert-OH is 1. The number of aliphatic imine (C=N–C) groups is 1. The SMILES string of the molecule is CP[C@@H](CO)N=Cc1ccccc1. The molecule has 3 heteroatoms. The third-order valence-electron chi connectivity index (χ3n) is 1.71. The Balaban J connectivity index is 2.57. The standard InChI is InChI=1S/C10H14NOP/c1-13-10(8-12)11-7-9-5-3-2-4-6-9/h2-7,10,12-13H,8H2,1H3/t10-/m0/s1. The second kappa shape index (κ2) is 5.85. The van der Waals surface area contributed by atoms with Gasteiger partial charge in [-0.25, -0.2) is 0 Å². The lowest BCUT2D eigenvalue weighted by molar-refractivity contribution is 0.296. The van der Waals surface area contributed by atoms with Crippen LogP contribution in [0.25, 0.3) is 0 Å². The van der Waals surface area contributed by atoms with Crippen molar-refractivity contribution in [1.82, 2.24) is 0 Å². The first-order valence-corrected chi connectivity index (χ1v) is 5.81. The maximum Gasteiger partial charge on any atom is 0.0890 e. The molecular weight excluding hydrogens is 181 g/mol. The highest BCUT2D eigenvalue weighted by Gasteiger charge is 1.97. The van der Waals surface area contributed by atoms with E-state index in [1.807, 2.05) is 43.2 Å². The zero-order chi connectivity index (χ0) is 9.52. The first-order chi connectivity index (χ1) is 6.36. The number of hydrogen-bond donors (Lipinski definition) is 1. The number of rotatable bonds is 4. The van der Waals surface area contributed by atoms with Crippen LogP contribution >= 0.6 is 8.58 Å². The van der Waals surface area contributed by atoms with E-state index in [0.717, 1.165) is 5.56 Å². The van der Waals surface area contributed by atoms with E-state index < -0.39 is 0 Å². The second-order valence-corrected chi connectivity index (χ2v) is 3.92. The summed E-state index contributed by atoms with van der Waals surface area (Å²) in [6.07, 6.45) is 1.82. The highest BCUT2D eigenvalue weighted by molar-refractivity contribution is 7.37. The molecule has 70 valence electrons. The van der Waals surface area contributed by atoms with Crippen molar-refractivity contribution in [3.63, 3.8) is 0 Å². The third kappa shape index (κ3) is 3.67. The predicted molar refractivity (Wildman–Crippen MR) is 59.1 cm³/mol. The summed E-state index contributed by atoms with van der Waals surface area (Å²) in [7, 11) is 0.653. The fourth-order valence-corrected chi connectivity index (χ4v) is 1.33. The van der Waals surface area contributed by atoms with E-state index in [-0.39, 0.29) is 12.4 Å². The van der Waals surface area contributed by atoms with Crippen LogP contribution in [0.3, 0.4) is 0 Å². The van der Waals surface area contributed by atoms with Crippen molar-refractivity contribution in [3.8, 4) is 0 Å². The monoisotopic (exact) mass is 195 g/mol. The van der Waals surface area contributed by atoms with E-state index in [4.69, 9.17) is 5.11 Å². The van der Waals surface area contributed by atoms with Gasteiger partial charge in [0.2, 0.25) is 0 Å². The van der Waals surface area contributed by atoms with Crippen LogP contribution in [0.1, 0.15) is 5.56 Å². The smallest absolute Gasteiger partial charge is 0.0890 e. The minimum atomic E-state index is 0.0696. The first-order valence-electron chi connectivity index (χ1n) is 4.23. The molecule has 0 saturated heterocycles. The largest absolute Gasteiger partial charge is 0.394 e. The van der Waals surface area contributed by atoms with Gasteiger partial charge in [0.05, 0.1) is 12.4 Å². The van der Waals surface area contributed by atoms with Crippen molar-refractivity contribution in [2.24, 2.45) is 4.99 Å². The quantitative estimate of drug-likeness (QED) is 0.576. The molecule has 0 bridgehead atoms. The number of nitrogens with zero attached hydrogens (tertiary/aromatic N) is 1. The highest BCUT2D eigenvalue weighted by atomic mass is 31.1. The summed E-state index contributed by atoms with van der Waals surface area (Å²) in [5.74, 6) is 0.0696. The molecule has 0 aliphatic carbocycles. The van der Waals surface area contributed by atoms with Crippen LogP contribution in [0.15, 0.2) is 35.3 Å². The molecule has 0 amide bonds. The molecule has 13 heavy (non-hydrogen) atoms. The molecule has 1 aromatic rings. The zero-order valence-corrected chi connectivity index (χ0v) is 8.64. The lowest BCUT2D eigenvalue weighted by Gasteiger charge is -2.03. The maximum absolute atomic E-state index is 8.90. The molecule has 0 heterocycles. The van der Waals surface area contributed by atoms with Gasteiger partial charge in [-0.1, -0.05) is 38.9 Å². The van der Waals surface area contributed by atoms with Crippen LogP contribution in [-0.2, 0) is 0 Å². The van der Waals surface area contributed by atoms with Crippen LogP contribution in [0, 0.1) is 0 Å². The van der Waals surface area contributed by atoms with Gasteiger partial charge in [0, 0.05) is 6.21 Å². The molecule has 2 nitrogen and oxygen atoms in total. The van der Waals surface area contributed by atoms with Crippen molar-refractivity contribution < 1.29 is 5.11 Å². The van der Waals surface area contributed by atoms with E-state index in [1.54, 1.807) is 0 Å². The van der Waals surface area contributed by atoms with Crippen molar-refractivity contribution in [3.05, 3.63) is 35.9 Å². The van der Waals surface area contributed by atoms with Crippen molar-refractivity contribution in [2.75, 3.05) is 13.3 Å². The van der Waals surface area contributed by atoms with Crippen molar-refractivity contribution in [1.29, 1.82) is 0 Å². The van der Waals surface area contributed by atoms with Crippen molar-refractivity contribution >= 4 is 14.8 Å². The lowest BCUT2D eigenvalue weighted by Crippen LogP contribution is -2.02. The summed E-state index contributed by atoms with van der Waals surface area (Å²) in [6.45, 7) is 2.18. The molecule has 0 fully saturated rings. The molecule has 1 N–H and O–H groups in total. The normalized spacial score (nSPS) is 14.3. The van der Waals surface area contributed by atoms with Gasteiger partial charge in [-0.3, -0.25) is 4.99 Å². The molecule has 0 aliphatic heterocycles. The zero-order valence-electron chi connectivity index (χ0n) is 7.64. The van der Waals surface area contributed by atoms with Crippen molar-refractivity contribution in [2.45, 2.75) is 5.78 Å². The fourth-order valence-electron chi connectivity index (χ4n) is 0.928. The summed E-state index contributed by atoms with van der Waals surface area (Å²) in [5.41, 5.74) is 1.08. The van der Waals surface area contributed by atoms with E-state index >= 15 is 0 Å². The van der Waals surface area contributed by atoms with Crippen LogP contribution in [0.4, 0.5) is 0 Å². The van der Waals surface area contributed by atoms with Gasteiger partial charge in [-0.15, -0.1) is 0 Å². The summed E-state index contributed by atoms with van der Waals surface area (Å²) >= 11 is 0. The Morgan fingerprint density at radius 2 is 2.15 bits per heavy atom. The number of hydrogen-bond acceptors (Lipinski definition) is 2. The molecule has 0 aliphatic rings. The number of benzene rings is 1. The lowest BCUT2D eigenvalue weighted by atomic mass is 10.2. The highest BCUT2D eigenvalue weighted by Crippen LogP contribution is 2.13. The third-order valence-corrected chi connectivity index (χ3v) is 2.71. The second-order valence-electron chi connectivity index (χ2n) is 2.68. The van der Waals surface area contributed by atoms with Gasteiger partial charge in [0.25, 0.3) is 0 Å². The molecule has 0 saturated carbocycles. The minimum absolute atomic E-state index is 0.0696. The summed E-state index contributed by atoms with van der Waals surface area (Å²) in [5, 5.41) is 8.90. The van der Waals surface area contributed by atoms with Gasteiger partial charge >= 0.3 is 0 Å². The summed E-state index contributed by atoms with van der Waals surface area (Å²) in [4.78, 5) is 4.27. The Hall–Kier alpha value is -0.720. The van der Waals surface area contributed by atoms with E-state index in [9.17, 15) is 0 Å². The predicted octanol–water partition coefficient (Wildman–Crippen LogP) is 1.73. The topological polar surface area (TPSA) is 32.6 Å². The Morgan fingerprint density at radius 3 is 2.69 bits per heavy atom. The van der Waals surface area contributed by atoms with Gasteiger partial charge in [-0.2, -0.15) is 0 Å². The molecule has 1 rings (SSSR count). The molecular formula is C10H14NOP. The molecule has 1 aromatic carbocycles. The summed E-state index contributed by atoms with van der Waals surface area (Å²) < 4.78 is 0. The van der Waals surface area contributed by atoms with Gasteiger partial charge in [-0.05, 0) is 12.2 Å². The molecule has 1 unspecified atom stereocenters. The molecule has 2 atom stereocenters. The van der Waals surface area contributed by atoms with E-state index in [0.29, 0.717) is 8.58 Å². The van der Waals surface area contributed by atoms with Crippen LogP contribution in [0.2, 0.25) is 0 Å². The van der Waals surface area contributed by atoms with Gasteiger partial charge < -0.3 is 5.11 Å². The fraction of sp³-hybridized carbons (Fsp3) is 0.300.